The van der Waals surface area contributed by atoms with Gasteiger partial charge in [0.25, 0.3) is 0 Å². The van der Waals surface area contributed by atoms with Crippen LogP contribution < -0.4 is 9.62 Å². The van der Waals surface area contributed by atoms with E-state index in [0.717, 1.165) is 34.8 Å². The molecule has 27 heavy (non-hydrogen) atoms. The highest BCUT2D eigenvalue weighted by Crippen LogP contribution is 2.36. The molecule has 2 heterocycles. The number of carbonyl (C=O) groups excluding carboxylic acids is 1. The minimum absolute atomic E-state index is 0.0660. The van der Waals surface area contributed by atoms with Crippen LogP contribution in [0.1, 0.15) is 44.0 Å². The van der Waals surface area contributed by atoms with Crippen molar-refractivity contribution < 1.29 is 13.2 Å². The molecule has 0 unspecified atom stereocenters. The van der Waals surface area contributed by atoms with E-state index in [-0.39, 0.29) is 16.8 Å². The Morgan fingerprint density at radius 1 is 1.33 bits per heavy atom. The summed E-state index contributed by atoms with van der Waals surface area (Å²) in [5.41, 5.74) is 0.691. The molecule has 5 nitrogen and oxygen atoms in total. The number of rotatable bonds is 6. The molecule has 0 bridgehead atoms. The molecule has 1 atom stereocenters. The molecule has 0 spiro atoms. The maximum atomic E-state index is 13.0. The van der Waals surface area contributed by atoms with Crippen molar-refractivity contribution in [3.8, 4) is 0 Å². The Balaban J connectivity index is 1.94. The quantitative estimate of drug-likeness (QED) is 0.746. The molecule has 1 aliphatic heterocycles. The maximum Gasteiger partial charge on any atom is 0.241 e. The van der Waals surface area contributed by atoms with Crippen molar-refractivity contribution in [2.24, 2.45) is 0 Å². The van der Waals surface area contributed by atoms with Gasteiger partial charge in [-0.15, -0.1) is 23.1 Å². The molecule has 1 aliphatic rings. The minimum Gasteiger partial charge on any atom is -0.311 e. The third-order valence-corrected chi connectivity index (χ3v) is 8.06. The summed E-state index contributed by atoms with van der Waals surface area (Å²) in [5.74, 6) is 0.849. The third kappa shape index (κ3) is 4.74. The number of benzene rings is 1. The second-order valence-electron chi connectivity index (χ2n) is 6.48. The average Bonchev–Trinajstić information content (AvgIpc) is 3.07. The third-order valence-electron chi connectivity index (χ3n) is 4.46. The summed E-state index contributed by atoms with van der Waals surface area (Å²) in [6.45, 7) is 4.17. The van der Waals surface area contributed by atoms with Crippen LogP contribution in [-0.4, -0.2) is 26.6 Å². The van der Waals surface area contributed by atoms with E-state index in [1.165, 1.54) is 6.92 Å². The summed E-state index contributed by atoms with van der Waals surface area (Å²) >= 11 is 3.22. The van der Waals surface area contributed by atoms with Crippen molar-refractivity contribution >= 4 is 44.7 Å². The van der Waals surface area contributed by atoms with Crippen LogP contribution in [0.4, 0.5) is 5.69 Å². The number of thiophene rings is 1. The molecule has 1 aromatic carbocycles. The van der Waals surface area contributed by atoms with Crippen molar-refractivity contribution in [1.82, 2.24) is 4.72 Å². The number of hydrogen-bond donors (Lipinski definition) is 1. The van der Waals surface area contributed by atoms with Gasteiger partial charge in [0.15, 0.2) is 0 Å². The van der Waals surface area contributed by atoms with Gasteiger partial charge in [-0.2, -0.15) is 0 Å². The van der Waals surface area contributed by atoms with Crippen molar-refractivity contribution in [3.63, 3.8) is 0 Å². The monoisotopic (exact) mass is 424 g/mol. The van der Waals surface area contributed by atoms with Crippen molar-refractivity contribution in [2.45, 2.75) is 48.9 Å². The zero-order valence-corrected chi connectivity index (χ0v) is 17.9. The first-order chi connectivity index (χ1) is 12.9. The lowest BCUT2D eigenvalue weighted by Gasteiger charge is -2.22. The largest absolute Gasteiger partial charge is 0.311 e. The Morgan fingerprint density at radius 3 is 2.81 bits per heavy atom. The van der Waals surface area contributed by atoms with Gasteiger partial charge >= 0.3 is 0 Å². The summed E-state index contributed by atoms with van der Waals surface area (Å²) in [4.78, 5) is 15.9. The number of hydrogen-bond acceptors (Lipinski definition) is 5. The molecule has 1 amide bonds. The summed E-state index contributed by atoms with van der Waals surface area (Å²) in [7, 11) is -3.69. The van der Waals surface area contributed by atoms with Crippen LogP contribution in [0.25, 0.3) is 0 Å². The predicted octanol–water partition coefficient (Wildman–Crippen LogP) is 4.42. The molecular formula is C19H24N2O3S3. The highest BCUT2D eigenvalue weighted by atomic mass is 32.2. The fraction of sp³-hybridized carbons (Fsp3) is 0.421. The van der Waals surface area contributed by atoms with Crippen LogP contribution in [0.5, 0.6) is 0 Å². The van der Waals surface area contributed by atoms with Gasteiger partial charge in [-0.25, -0.2) is 13.1 Å². The van der Waals surface area contributed by atoms with Gasteiger partial charge in [-0.05, 0) is 48.2 Å². The molecule has 0 aliphatic carbocycles. The average molecular weight is 425 g/mol. The number of sulfonamides is 1. The van der Waals surface area contributed by atoms with Gasteiger partial charge in [0, 0.05) is 23.2 Å². The summed E-state index contributed by atoms with van der Waals surface area (Å²) in [5, 5.41) is 1.96. The Bertz CT molecular complexity index is 895. The highest BCUT2D eigenvalue weighted by molar-refractivity contribution is 7.99. The van der Waals surface area contributed by atoms with Crippen molar-refractivity contribution in [2.75, 3.05) is 17.2 Å². The molecule has 8 heteroatoms. The number of fused-ring (bicyclic) bond motifs is 1. The van der Waals surface area contributed by atoms with Crippen LogP contribution in [0.15, 0.2) is 45.5 Å². The Hall–Kier alpha value is -1.35. The van der Waals surface area contributed by atoms with Gasteiger partial charge in [0.05, 0.1) is 16.6 Å². The van der Waals surface area contributed by atoms with E-state index in [9.17, 15) is 13.2 Å². The molecule has 0 fully saturated rings. The highest BCUT2D eigenvalue weighted by Gasteiger charge is 2.25. The van der Waals surface area contributed by atoms with Gasteiger partial charge in [-0.1, -0.05) is 19.4 Å². The normalized spacial score (nSPS) is 15.9. The van der Waals surface area contributed by atoms with E-state index in [0.29, 0.717) is 12.2 Å². The lowest BCUT2D eigenvalue weighted by Crippen LogP contribution is -2.31. The Morgan fingerprint density at radius 2 is 2.15 bits per heavy atom. The second kappa shape index (κ2) is 8.77. The van der Waals surface area contributed by atoms with Crippen LogP contribution in [0, 0.1) is 0 Å². The van der Waals surface area contributed by atoms with E-state index in [4.69, 9.17) is 0 Å². The van der Waals surface area contributed by atoms with Gasteiger partial charge < -0.3 is 4.90 Å². The number of anilines is 1. The van der Waals surface area contributed by atoms with Crippen LogP contribution in [0.2, 0.25) is 0 Å². The molecule has 2 aromatic rings. The number of carbonyl (C=O) groups is 1. The van der Waals surface area contributed by atoms with Crippen LogP contribution in [-0.2, 0) is 14.8 Å². The second-order valence-corrected chi connectivity index (χ2v) is 10.3. The molecule has 1 aromatic heterocycles. The number of nitrogens with zero attached hydrogens (tertiary/aromatic N) is 1. The standard InChI is InChI=1S/C19H24N2O3S3/c1-3-6-16(18-7-4-11-25-18)20-27(23,24)15-8-9-19-17(13-15)21(14(2)22)10-5-12-26-19/h4,7-9,11,13,16,20H,3,5-6,10,12H2,1-2H3/t16-/m0/s1. The SMILES string of the molecule is CCC[C@H](NS(=O)(=O)c1ccc2c(c1)N(C(C)=O)CCCS2)c1cccs1. The van der Waals surface area contributed by atoms with Crippen LogP contribution >= 0.6 is 23.1 Å². The first kappa shape index (κ1) is 20.4. The zero-order chi connectivity index (χ0) is 19.4. The Labute approximate surface area is 169 Å². The molecule has 0 radical (unpaired) electrons. The lowest BCUT2D eigenvalue weighted by atomic mass is 10.1. The number of amides is 1. The molecular weight excluding hydrogens is 400 g/mol. The van der Waals surface area contributed by atoms with E-state index in [1.807, 2.05) is 30.5 Å². The summed E-state index contributed by atoms with van der Waals surface area (Å²) < 4.78 is 28.9. The number of thioether (sulfide) groups is 1. The van der Waals surface area contributed by atoms with Crippen molar-refractivity contribution in [3.05, 3.63) is 40.6 Å². The fourth-order valence-corrected chi connectivity index (χ4v) is 6.27. The van der Waals surface area contributed by atoms with Crippen LogP contribution in [0.3, 0.4) is 0 Å². The fourth-order valence-electron chi connectivity index (χ4n) is 3.14. The lowest BCUT2D eigenvalue weighted by molar-refractivity contribution is -0.116. The van der Waals surface area contributed by atoms with E-state index >= 15 is 0 Å². The first-order valence-electron chi connectivity index (χ1n) is 9.03. The smallest absolute Gasteiger partial charge is 0.241 e. The first-order valence-corrected chi connectivity index (χ1v) is 12.4. The van der Waals surface area contributed by atoms with Gasteiger partial charge in [0.1, 0.15) is 0 Å². The van der Waals surface area contributed by atoms with E-state index in [2.05, 4.69) is 4.72 Å². The Kier molecular flexibility index (Phi) is 6.62. The summed E-state index contributed by atoms with van der Waals surface area (Å²) in [6, 6.07) is 8.73. The molecule has 1 N–H and O–H groups in total. The van der Waals surface area contributed by atoms with E-state index in [1.54, 1.807) is 40.1 Å². The van der Waals surface area contributed by atoms with Gasteiger partial charge in [-0.3, -0.25) is 4.79 Å². The molecule has 0 saturated carbocycles. The number of nitrogens with one attached hydrogen (secondary N) is 1. The predicted molar refractivity (Wildman–Crippen MR) is 112 cm³/mol. The van der Waals surface area contributed by atoms with E-state index < -0.39 is 10.0 Å². The molecule has 0 saturated heterocycles. The summed E-state index contributed by atoms with van der Waals surface area (Å²) in [6.07, 6.45) is 2.50. The van der Waals surface area contributed by atoms with Gasteiger partial charge in [0.2, 0.25) is 15.9 Å². The maximum absolute atomic E-state index is 13.0. The molecule has 146 valence electrons. The topological polar surface area (TPSA) is 66.5 Å². The minimum atomic E-state index is -3.69. The molecule has 3 rings (SSSR count). The van der Waals surface area contributed by atoms with Crippen molar-refractivity contribution in [1.29, 1.82) is 0 Å². The zero-order valence-electron chi connectivity index (χ0n) is 15.5.